The lowest BCUT2D eigenvalue weighted by Crippen LogP contribution is -1.95. The van der Waals surface area contributed by atoms with Crippen molar-refractivity contribution in [2.24, 2.45) is 0 Å². The third kappa shape index (κ3) is 2.42. The molecule has 0 atom stereocenters. The molecule has 3 rings (SSSR count). The minimum absolute atomic E-state index is 0.971. The summed E-state index contributed by atoms with van der Waals surface area (Å²) in [5.74, 6) is 0. The Morgan fingerprint density at radius 1 is 0.905 bits per heavy atom. The molecule has 0 radical (unpaired) electrons. The summed E-state index contributed by atoms with van der Waals surface area (Å²) in [6.07, 6.45) is 0. The molecule has 0 aliphatic heterocycles. The predicted octanol–water partition coefficient (Wildman–Crippen LogP) is 5.58. The van der Waals surface area contributed by atoms with Crippen molar-refractivity contribution in [3.8, 4) is 0 Å². The standard InChI is InChI=1S/C18H20N2S/c1-10-7-6-8-11(2)15(10)19-18-20-16-13(4)9-12(3)14(5)17(16)21-18/h6-9H,1-5H3,(H,19,20). The van der Waals surface area contributed by atoms with E-state index in [0.29, 0.717) is 0 Å². The number of nitrogens with zero attached hydrogens (tertiary/aromatic N) is 1. The Hall–Kier alpha value is -1.87. The number of para-hydroxylation sites is 1. The lowest BCUT2D eigenvalue weighted by Gasteiger charge is -2.09. The molecule has 0 unspecified atom stereocenters. The highest BCUT2D eigenvalue weighted by Crippen LogP contribution is 2.35. The molecule has 0 aliphatic rings. The summed E-state index contributed by atoms with van der Waals surface area (Å²) in [5.41, 5.74) is 8.71. The zero-order valence-corrected chi connectivity index (χ0v) is 14.0. The van der Waals surface area contributed by atoms with Crippen molar-refractivity contribution in [3.05, 3.63) is 52.1 Å². The lowest BCUT2D eigenvalue weighted by atomic mass is 10.1. The summed E-state index contributed by atoms with van der Waals surface area (Å²) in [7, 11) is 0. The van der Waals surface area contributed by atoms with Gasteiger partial charge in [0.15, 0.2) is 5.13 Å². The van der Waals surface area contributed by atoms with E-state index in [0.717, 1.165) is 10.6 Å². The van der Waals surface area contributed by atoms with E-state index in [1.807, 2.05) is 0 Å². The van der Waals surface area contributed by atoms with Crippen LogP contribution in [0.2, 0.25) is 0 Å². The number of thiazole rings is 1. The molecule has 108 valence electrons. The van der Waals surface area contributed by atoms with Crippen LogP contribution in [0.25, 0.3) is 10.2 Å². The molecule has 0 fully saturated rings. The smallest absolute Gasteiger partial charge is 0.188 e. The maximum absolute atomic E-state index is 4.80. The number of hydrogen-bond donors (Lipinski definition) is 1. The molecular formula is C18H20N2S. The molecular weight excluding hydrogens is 276 g/mol. The Labute approximate surface area is 129 Å². The van der Waals surface area contributed by atoms with E-state index in [9.17, 15) is 0 Å². The van der Waals surface area contributed by atoms with Crippen LogP contribution in [0.4, 0.5) is 10.8 Å². The molecule has 1 N–H and O–H groups in total. The zero-order chi connectivity index (χ0) is 15.1. The third-order valence-electron chi connectivity index (χ3n) is 4.08. The first-order valence-corrected chi connectivity index (χ1v) is 7.99. The average Bonchev–Trinajstić information content (AvgIpc) is 2.85. The van der Waals surface area contributed by atoms with Crippen LogP contribution in [-0.2, 0) is 0 Å². The predicted molar refractivity (Wildman–Crippen MR) is 93.0 cm³/mol. The van der Waals surface area contributed by atoms with Crippen molar-refractivity contribution < 1.29 is 0 Å². The molecule has 0 amide bonds. The van der Waals surface area contributed by atoms with Gasteiger partial charge in [-0.1, -0.05) is 35.6 Å². The van der Waals surface area contributed by atoms with Crippen molar-refractivity contribution in [1.29, 1.82) is 0 Å². The van der Waals surface area contributed by atoms with Gasteiger partial charge in [-0.05, 0) is 62.4 Å². The van der Waals surface area contributed by atoms with E-state index >= 15 is 0 Å². The highest BCUT2D eigenvalue weighted by Gasteiger charge is 2.12. The molecule has 3 aromatic rings. The molecule has 0 saturated carbocycles. The monoisotopic (exact) mass is 296 g/mol. The number of nitrogens with one attached hydrogen (secondary N) is 1. The van der Waals surface area contributed by atoms with E-state index in [1.54, 1.807) is 11.3 Å². The maximum atomic E-state index is 4.80. The van der Waals surface area contributed by atoms with Crippen molar-refractivity contribution >= 4 is 32.4 Å². The van der Waals surface area contributed by atoms with Gasteiger partial charge in [0.05, 0.1) is 10.2 Å². The number of anilines is 2. The number of aryl methyl sites for hydroxylation is 5. The molecule has 0 saturated heterocycles. The fourth-order valence-corrected chi connectivity index (χ4v) is 3.79. The van der Waals surface area contributed by atoms with Crippen LogP contribution < -0.4 is 5.32 Å². The van der Waals surface area contributed by atoms with E-state index in [-0.39, 0.29) is 0 Å². The molecule has 0 spiro atoms. The van der Waals surface area contributed by atoms with Crippen LogP contribution in [0.15, 0.2) is 24.3 Å². The SMILES string of the molecule is Cc1cccc(C)c1Nc1nc2c(C)cc(C)c(C)c2s1. The van der Waals surface area contributed by atoms with Gasteiger partial charge in [0, 0.05) is 5.69 Å². The fourth-order valence-electron chi connectivity index (χ4n) is 2.69. The maximum Gasteiger partial charge on any atom is 0.188 e. The third-order valence-corrected chi connectivity index (χ3v) is 5.17. The molecule has 21 heavy (non-hydrogen) atoms. The Morgan fingerprint density at radius 2 is 1.57 bits per heavy atom. The molecule has 0 aliphatic carbocycles. The summed E-state index contributed by atoms with van der Waals surface area (Å²) in [6, 6.07) is 8.57. The fraction of sp³-hybridized carbons (Fsp3) is 0.278. The molecule has 2 nitrogen and oxygen atoms in total. The number of rotatable bonds is 2. The second kappa shape index (κ2) is 5.15. The summed E-state index contributed by atoms with van der Waals surface area (Å²) in [6.45, 7) is 10.7. The summed E-state index contributed by atoms with van der Waals surface area (Å²) < 4.78 is 1.29. The molecule has 0 bridgehead atoms. The van der Waals surface area contributed by atoms with Gasteiger partial charge >= 0.3 is 0 Å². The van der Waals surface area contributed by atoms with Crippen molar-refractivity contribution in [2.75, 3.05) is 5.32 Å². The molecule has 1 heterocycles. The minimum Gasteiger partial charge on any atom is -0.331 e. The number of fused-ring (bicyclic) bond motifs is 1. The first-order valence-electron chi connectivity index (χ1n) is 7.18. The van der Waals surface area contributed by atoms with Gasteiger partial charge in [-0.2, -0.15) is 0 Å². The van der Waals surface area contributed by atoms with Gasteiger partial charge in [0.25, 0.3) is 0 Å². The normalized spacial score (nSPS) is 11.1. The van der Waals surface area contributed by atoms with E-state index in [4.69, 9.17) is 4.98 Å². The van der Waals surface area contributed by atoms with Crippen LogP contribution >= 0.6 is 11.3 Å². The van der Waals surface area contributed by atoms with Crippen LogP contribution in [0.1, 0.15) is 27.8 Å². The summed E-state index contributed by atoms with van der Waals surface area (Å²) in [4.78, 5) is 4.80. The summed E-state index contributed by atoms with van der Waals surface area (Å²) >= 11 is 1.74. The molecule has 1 aromatic heterocycles. The molecule has 3 heteroatoms. The van der Waals surface area contributed by atoms with Crippen LogP contribution in [0, 0.1) is 34.6 Å². The first-order chi connectivity index (χ1) is 9.97. The topological polar surface area (TPSA) is 24.9 Å². The lowest BCUT2D eigenvalue weighted by molar-refractivity contribution is 1.31. The van der Waals surface area contributed by atoms with Gasteiger partial charge < -0.3 is 5.32 Å². The average molecular weight is 296 g/mol. The highest BCUT2D eigenvalue weighted by atomic mass is 32.1. The first kappa shape index (κ1) is 14.1. The van der Waals surface area contributed by atoms with Gasteiger partial charge in [-0.15, -0.1) is 0 Å². The van der Waals surface area contributed by atoms with Crippen LogP contribution in [-0.4, -0.2) is 4.98 Å². The van der Waals surface area contributed by atoms with Gasteiger partial charge in [0.2, 0.25) is 0 Å². The summed E-state index contributed by atoms with van der Waals surface area (Å²) in [5, 5.41) is 4.48. The van der Waals surface area contributed by atoms with Crippen molar-refractivity contribution in [2.45, 2.75) is 34.6 Å². The van der Waals surface area contributed by atoms with Crippen molar-refractivity contribution in [3.63, 3.8) is 0 Å². The quantitative estimate of drug-likeness (QED) is 0.667. The number of hydrogen-bond acceptors (Lipinski definition) is 3. The van der Waals surface area contributed by atoms with Gasteiger partial charge in [-0.25, -0.2) is 4.98 Å². The number of benzene rings is 2. The van der Waals surface area contributed by atoms with Gasteiger partial charge in [0.1, 0.15) is 0 Å². The number of aromatic nitrogens is 1. The van der Waals surface area contributed by atoms with E-state index in [1.165, 1.54) is 38.2 Å². The highest BCUT2D eigenvalue weighted by molar-refractivity contribution is 7.22. The Kier molecular flexibility index (Phi) is 3.46. The van der Waals surface area contributed by atoms with Crippen LogP contribution in [0.5, 0.6) is 0 Å². The van der Waals surface area contributed by atoms with E-state index in [2.05, 4.69) is 64.2 Å². The Morgan fingerprint density at radius 3 is 2.24 bits per heavy atom. The minimum atomic E-state index is 0.971. The second-order valence-corrected chi connectivity index (χ2v) is 6.72. The Balaban J connectivity index is 2.10. The largest absolute Gasteiger partial charge is 0.331 e. The van der Waals surface area contributed by atoms with Crippen LogP contribution in [0.3, 0.4) is 0 Å². The second-order valence-electron chi connectivity index (χ2n) is 5.72. The zero-order valence-electron chi connectivity index (χ0n) is 13.2. The molecule has 2 aromatic carbocycles. The van der Waals surface area contributed by atoms with E-state index < -0.39 is 0 Å². The van der Waals surface area contributed by atoms with Crippen molar-refractivity contribution in [1.82, 2.24) is 4.98 Å². The Bertz CT molecular complexity index is 811. The van der Waals surface area contributed by atoms with Gasteiger partial charge in [-0.3, -0.25) is 0 Å².